The molecule has 1 aromatic heterocycles. The molecule has 17 heavy (non-hydrogen) atoms. The maximum atomic E-state index is 10.6. The second kappa shape index (κ2) is 5.24. The third-order valence-electron chi connectivity index (χ3n) is 1.67. The number of nitro groups is 1. The van der Waals surface area contributed by atoms with Gasteiger partial charge in [0.15, 0.2) is 0 Å². The summed E-state index contributed by atoms with van der Waals surface area (Å²) in [5.41, 5.74) is 4.42. The molecular formula is C10H6N4O3. The standard InChI is InChI=1S/C10H6N4O3/c11-5-8-9(14(16)17)4-7(6-13-8)2-1-3-10(12)15/h4,6H,3H2,(H2,12,15). The topological polar surface area (TPSA) is 123 Å². The average Bonchev–Trinajstić information content (AvgIpc) is 2.28. The van der Waals surface area contributed by atoms with Crippen molar-refractivity contribution < 1.29 is 9.72 Å². The molecule has 0 aromatic carbocycles. The Morgan fingerprint density at radius 3 is 2.88 bits per heavy atom. The van der Waals surface area contributed by atoms with Gasteiger partial charge in [-0.1, -0.05) is 11.8 Å². The van der Waals surface area contributed by atoms with Gasteiger partial charge in [-0.05, 0) is 0 Å². The molecule has 2 N–H and O–H groups in total. The monoisotopic (exact) mass is 230 g/mol. The number of nitrogens with two attached hydrogens (primary N) is 1. The fourth-order valence-corrected chi connectivity index (χ4v) is 0.980. The second-order valence-electron chi connectivity index (χ2n) is 2.91. The lowest BCUT2D eigenvalue weighted by Crippen LogP contribution is -2.08. The molecular weight excluding hydrogens is 224 g/mol. The normalized spacial score (nSPS) is 8.65. The van der Waals surface area contributed by atoms with Crippen molar-refractivity contribution in [3.8, 4) is 17.9 Å². The molecule has 0 saturated carbocycles. The van der Waals surface area contributed by atoms with Crippen molar-refractivity contribution in [3.05, 3.63) is 33.6 Å². The number of hydrogen-bond donors (Lipinski definition) is 1. The summed E-state index contributed by atoms with van der Waals surface area (Å²) in [4.78, 5) is 23.9. The fraction of sp³-hybridized carbons (Fsp3) is 0.100. The molecule has 0 saturated heterocycles. The van der Waals surface area contributed by atoms with Crippen LogP contribution in [0.15, 0.2) is 12.3 Å². The highest BCUT2D eigenvalue weighted by molar-refractivity contribution is 5.76. The van der Waals surface area contributed by atoms with Crippen LogP contribution in [0.2, 0.25) is 0 Å². The lowest BCUT2D eigenvalue weighted by Gasteiger charge is -1.94. The van der Waals surface area contributed by atoms with Gasteiger partial charge in [-0.25, -0.2) is 4.98 Å². The Morgan fingerprint density at radius 1 is 1.65 bits per heavy atom. The van der Waals surface area contributed by atoms with E-state index in [2.05, 4.69) is 16.8 Å². The van der Waals surface area contributed by atoms with Crippen molar-refractivity contribution in [2.75, 3.05) is 0 Å². The van der Waals surface area contributed by atoms with Gasteiger partial charge in [-0.2, -0.15) is 5.26 Å². The third-order valence-corrected chi connectivity index (χ3v) is 1.67. The van der Waals surface area contributed by atoms with Gasteiger partial charge in [0.05, 0.1) is 11.3 Å². The van der Waals surface area contributed by atoms with E-state index >= 15 is 0 Å². The molecule has 7 heteroatoms. The van der Waals surface area contributed by atoms with Crippen molar-refractivity contribution in [1.82, 2.24) is 4.98 Å². The highest BCUT2D eigenvalue weighted by Gasteiger charge is 2.15. The van der Waals surface area contributed by atoms with Crippen LogP contribution >= 0.6 is 0 Å². The van der Waals surface area contributed by atoms with E-state index < -0.39 is 16.5 Å². The molecule has 0 bridgehead atoms. The number of rotatable bonds is 2. The molecule has 7 nitrogen and oxygen atoms in total. The SMILES string of the molecule is N#Cc1ncc(C#CCC(N)=O)cc1[N+](=O)[O-]. The molecule has 0 aliphatic carbocycles. The molecule has 84 valence electrons. The largest absolute Gasteiger partial charge is 0.369 e. The summed E-state index contributed by atoms with van der Waals surface area (Å²) >= 11 is 0. The zero-order valence-electron chi connectivity index (χ0n) is 8.51. The molecule has 1 aromatic rings. The summed E-state index contributed by atoms with van der Waals surface area (Å²) < 4.78 is 0. The summed E-state index contributed by atoms with van der Waals surface area (Å²) in [6.07, 6.45) is 1.08. The van der Waals surface area contributed by atoms with Crippen LogP contribution in [-0.4, -0.2) is 15.8 Å². The van der Waals surface area contributed by atoms with E-state index in [-0.39, 0.29) is 17.7 Å². The maximum Gasteiger partial charge on any atom is 0.306 e. The molecule has 0 radical (unpaired) electrons. The Balaban J connectivity index is 3.08. The lowest BCUT2D eigenvalue weighted by molar-refractivity contribution is -0.385. The summed E-state index contributed by atoms with van der Waals surface area (Å²) in [6.45, 7) is 0. The van der Waals surface area contributed by atoms with Crippen molar-refractivity contribution in [3.63, 3.8) is 0 Å². The van der Waals surface area contributed by atoms with E-state index in [1.807, 2.05) is 0 Å². The van der Waals surface area contributed by atoms with E-state index in [4.69, 9.17) is 11.0 Å². The Bertz CT molecular complexity index is 577. The second-order valence-corrected chi connectivity index (χ2v) is 2.91. The number of hydrogen-bond acceptors (Lipinski definition) is 5. The van der Waals surface area contributed by atoms with Crippen LogP contribution < -0.4 is 5.73 Å². The highest BCUT2D eigenvalue weighted by Crippen LogP contribution is 2.16. The zero-order chi connectivity index (χ0) is 12.8. The van der Waals surface area contributed by atoms with E-state index in [1.54, 1.807) is 6.07 Å². The number of nitrogens with zero attached hydrogens (tertiary/aromatic N) is 3. The van der Waals surface area contributed by atoms with E-state index in [1.165, 1.54) is 6.20 Å². The van der Waals surface area contributed by atoms with E-state index in [9.17, 15) is 14.9 Å². The Morgan fingerprint density at radius 2 is 2.35 bits per heavy atom. The van der Waals surface area contributed by atoms with Crippen molar-refractivity contribution in [2.24, 2.45) is 5.73 Å². The third kappa shape index (κ3) is 3.29. The van der Waals surface area contributed by atoms with Crippen LogP contribution in [0.4, 0.5) is 5.69 Å². The first-order valence-corrected chi connectivity index (χ1v) is 4.36. The Kier molecular flexibility index (Phi) is 3.74. The molecule has 0 unspecified atom stereocenters. The fourth-order valence-electron chi connectivity index (χ4n) is 0.980. The minimum atomic E-state index is -0.717. The van der Waals surface area contributed by atoms with Crippen LogP contribution in [0.3, 0.4) is 0 Å². The van der Waals surface area contributed by atoms with Gasteiger partial charge in [-0.15, -0.1) is 0 Å². The zero-order valence-corrected chi connectivity index (χ0v) is 8.51. The number of carbonyl (C=O) groups excluding carboxylic acids is 1. The van der Waals surface area contributed by atoms with Crippen LogP contribution in [0, 0.1) is 33.3 Å². The average molecular weight is 230 g/mol. The smallest absolute Gasteiger partial charge is 0.306 e. The van der Waals surface area contributed by atoms with Gasteiger partial charge >= 0.3 is 5.69 Å². The molecule has 0 aliphatic rings. The number of pyridine rings is 1. The van der Waals surface area contributed by atoms with E-state index in [0.29, 0.717) is 0 Å². The van der Waals surface area contributed by atoms with Gasteiger partial charge in [0.1, 0.15) is 6.07 Å². The van der Waals surface area contributed by atoms with Gasteiger partial charge in [-0.3, -0.25) is 14.9 Å². The van der Waals surface area contributed by atoms with Crippen LogP contribution in [0.5, 0.6) is 0 Å². The number of carbonyl (C=O) groups is 1. The Labute approximate surface area is 96.0 Å². The molecule has 1 rings (SSSR count). The summed E-state index contributed by atoms with van der Waals surface area (Å²) in [5.74, 6) is 4.34. The first-order chi connectivity index (χ1) is 8.04. The minimum absolute atomic E-state index is 0.145. The van der Waals surface area contributed by atoms with Gasteiger partial charge in [0, 0.05) is 17.8 Å². The molecule has 0 aliphatic heterocycles. The Hall–Kier alpha value is -2.93. The van der Waals surface area contributed by atoms with Gasteiger partial charge in [0.2, 0.25) is 11.6 Å². The quantitative estimate of drug-likeness (QED) is 0.438. The van der Waals surface area contributed by atoms with Crippen molar-refractivity contribution >= 4 is 11.6 Å². The molecule has 0 spiro atoms. The molecule has 1 amide bonds. The van der Waals surface area contributed by atoms with Gasteiger partial charge < -0.3 is 5.73 Å². The molecule has 0 atom stereocenters. The molecule has 1 heterocycles. The number of nitriles is 1. The van der Waals surface area contributed by atoms with Crippen molar-refractivity contribution in [2.45, 2.75) is 6.42 Å². The van der Waals surface area contributed by atoms with Crippen LogP contribution in [0.25, 0.3) is 0 Å². The number of aromatic nitrogens is 1. The first kappa shape index (κ1) is 12.1. The van der Waals surface area contributed by atoms with Crippen LogP contribution in [-0.2, 0) is 4.79 Å². The van der Waals surface area contributed by atoms with Crippen molar-refractivity contribution in [1.29, 1.82) is 5.26 Å². The highest BCUT2D eigenvalue weighted by atomic mass is 16.6. The predicted molar refractivity (Wildman–Crippen MR) is 56.3 cm³/mol. The summed E-state index contributed by atoms with van der Waals surface area (Å²) in [5, 5.41) is 19.2. The molecule has 0 fully saturated rings. The lowest BCUT2D eigenvalue weighted by atomic mass is 10.2. The number of primary amides is 1. The van der Waals surface area contributed by atoms with Crippen LogP contribution in [0.1, 0.15) is 17.7 Å². The first-order valence-electron chi connectivity index (χ1n) is 4.36. The summed E-state index contributed by atoms with van der Waals surface area (Å²) in [7, 11) is 0. The summed E-state index contributed by atoms with van der Waals surface area (Å²) in [6, 6.07) is 2.73. The number of amides is 1. The minimum Gasteiger partial charge on any atom is -0.369 e. The maximum absolute atomic E-state index is 10.6. The van der Waals surface area contributed by atoms with E-state index in [0.717, 1.165) is 6.07 Å². The van der Waals surface area contributed by atoms with Gasteiger partial charge in [0.25, 0.3) is 0 Å². The predicted octanol–water partition coefficient (Wildman–Crippen LogP) is 0.0884.